The van der Waals surface area contributed by atoms with E-state index in [0.717, 1.165) is 0 Å². The van der Waals surface area contributed by atoms with Crippen molar-refractivity contribution in [3.63, 3.8) is 0 Å². The fraction of sp³-hybridized carbons (Fsp3) is 0.250. The Balaban J connectivity index is 0.00000121. The van der Waals surface area contributed by atoms with Gasteiger partial charge in [-0.15, -0.1) is 12.4 Å². The van der Waals surface area contributed by atoms with Crippen LogP contribution in [0.4, 0.5) is 4.39 Å². The van der Waals surface area contributed by atoms with Gasteiger partial charge >= 0.3 is 0 Å². The number of hydrogen-bond donors (Lipinski definition) is 1. The molecule has 0 amide bonds. The number of methoxy groups -OCH3 is 1. The third-order valence-corrected chi connectivity index (χ3v) is 1.47. The van der Waals surface area contributed by atoms with Gasteiger partial charge in [-0.3, -0.25) is 0 Å². The molecule has 0 saturated carbocycles. The molecule has 0 spiro atoms. The fourth-order valence-electron chi connectivity index (χ4n) is 0.835. The third kappa shape index (κ3) is 2.36. The number of benzene rings is 1. The maximum Gasteiger partial charge on any atom is 0.127 e. The number of ether oxygens (including phenoxy) is 1. The van der Waals surface area contributed by atoms with Crippen molar-refractivity contribution in [2.45, 2.75) is 6.54 Å². The topological polar surface area (TPSA) is 35.2 Å². The second-order valence-electron chi connectivity index (χ2n) is 2.16. The van der Waals surface area contributed by atoms with Gasteiger partial charge in [0.25, 0.3) is 0 Å². The first-order chi connectivity index (χ1) is 5.27. The Hall–Kier alpha value is -0.800. The molecule has 2 nitrogen and oxygen atoms in total. The van der Waals surface area contributed by atoms with Crippen LogP contribution in [0, 0.1) is 5.82 Å². The van der Waals surface area contributed by atoms with Crippen molar-refractivity contribution >= 4 is 12.4 Å². The average molecular weight is 192 g/mol. The second-order valence-corrected chi connectivity index (χ2v) is 2.16. The minimum atomic E-state index is -0.284. The van der Waals surface area contributed by atoms with E-state index in [0.29, 0.717) is 11.3 Å². The van der Waals surface area contributed by atoms with Crippen LogP contribution in [0.5, 0.6) is 5.75 Å². The van der Waals surface area contributed by atoms with Crippen molar-refractivity contribution in [1.82, 2.24) is 0 Å². The van der Waals surface area contributed by atoms with Crippen molar-refractivity contribution in [1.29, 1.82) is 0 Å². The first-order valence-corrected chi connectivity index (χ1v) is 3.30. The smallest absolute Gasteiger partial charge is 0.127 e. The molecule has 0 radical (unpaired) electrons. The highest BCUT2D eigenvalue weighted by Gasteiger charge is 2.00. The lowest BCUT2D eigenvalue weighted by atomic mass is 10.2. The van der Waals surface area contributed by atoms with E-state index in [1.54, 1.807) is 12.1 Å². The summed E-state index contributed by atoms with van der Waals surface area (Å²) in [5, 5.41) is 0. The molecule has 0 aliphatic rings. The Bertz CT molecular complexity index is 255. The zero-order valence-electron chi connectivity index (χ0n) is 6.71. The Labute approximate surface area is 76.9 Å². The summed E-state index contributed by atoms with van der Waals surface area (Å²) < 4.78 is 17.7. The van der Waals surface area contributed by atoms with Crippen molar-refractivity contribution in [2.24, 2.45) is 5.73 Å². The van der Waals surface area contributed by atoms with E-state index in [2.05, 4.69) is 0 Å². The van der Waals surface area contributed by atoms with Crippen LogP contribution in [0.2, 0.25) is 0 Å². The lowest BCUT2D eigenvalue weighted by Crippen LogP contribution is -1.99. The summed E-state index contributed by atoms with van der Waals surface area (Å²) in [6, 6.07) is 4.50. The molecule has 0 heterocycles. The molecule has 4 heteroatoms. The van der Waals surface area contributed by atoms with Crippen molar-refractivity contribution in [3.05, 3.63) is 29.6 Å². The van der Waals surface area contributed by atoms with Gasteiger partial charge in [-0.2, -0.15) is 0 Å². The maximum atomic E-state index is 12.8. The number of halogens is 2. The number of rotatable bonds is 2. The van der Waals surface area contributed by atoms with E-state index in [1.165, 1.54) is 13.2 Å². The Kier molecular flexibility index (Phi) is 4.62. The molecule has 2 N–H and O–H groups in total. The van der Waals surface area contributed by atoms with E-state index in [9.17, 15) is 4.39 Å². The summed E-state index contributed by atoms with van der Waals surface area (Å²) in [4.78, 5) is 0. The van der Waals surface area contributed by atoms with Gasteiger partial charge in [0.2, 0.25) is 0 Å². The van der Waals surface area contributed by atoms with Gasteiger partial charge in [-0.1, -0.05) is 0 Å². The second kappa shape index (κ2) is 4.95. The van der Waals surface area contributed by atoms with Crippen LogP contribution in [0.3, 0.4) is 0 Å². The summed E-state index contributed by atoms with van der Waals surface area (Å²) in [5.74, 6) is 0.347. The molecule has 1 rings (SSSR count). The molecule has 0 saturated heterocycles. The van der Waals surface area contributed by atoms with E-state index in [-0.39, 0.29) is 24.8 Å². The maximum absolute atomic E-state index is 12.8. The minimum Gasteiger partial charge on any atom is -0.497 e. The molecule has 0 bridgehead atoms. The Morgan fingerprint density at radius 1 is 1.50 bits per heavy atom. The standard InChI is InChI=1S/C8H10FNO.ClH/c1-11-7-2-3-8(9)6(4-7)5-10;/h2-4H,5,10H2,1H3;1H. The zero-order chi connectivity index (χ0) is 8.27. The molecule has 1 aromatic carbocycles. The van der Waals surface area contributed by atoms with Gasteiger partial charge in [0.15, 0.2) is 0 Å². The summed E-state index contributed by atoms with van der Waals surface area (Å²) in [7, 11) is 1.54. The molecule has 0 unspecified atom stereocenters. The van der Waals surface area contributed by atoms with Crippen LogP contribution in [-0.4, -0.2) is 7.11 Å². The van der Waals surface area contributed by atoms with Gasteiger partial charge < -0.3 is 10.5 Å². The molecule has 1 aromatic rings. The Morgan fingerprint density at radius 2 is 2.17 bits per heavy atom. The van der Waals surface area contributed by atoms with Crippen molar-refractivity contribution in [2.75, 3.05) is 7.11 Å². The van der Waals surface area contributed by atoms with E-state index < -0.39 is 0 Å². The van der Waals surface area contributed by atoms with Crippen LogP contribution < -0.4 is 10.5 Å². The first-order valence-electron chi connectivity index (χ1n) is 3.30. The van der Waals surface area contributed by atoms with E-state index in [1.807, 2.05) is 0 Å². The lowest BCUT2D eigenvalue weighted by Gasteiger charge is -2.02. The SMILES string of the molecule is COc1ccc(F)c(CN)c1.Cl. The van der Waals surface area contributed by atoms with Gasteiger partial charge in [-0.05, 0) is 18.2 Å². The predicted octanol–water partition coefficient (Wildman–Crippen LogP) is 1.71. The summed E-state index contributed by atoms with van der Waals surface area (Å²) >= 11 is 0. The lowest BCUT2D eigenvalue weighted by molar-refractivity contribution is 0.412. The average Bonchev–Trinajstić information content (AvgIpc) is 2.05. The van der Waals surface area contributed by atoms with Gasteiger partial charge in [0, 0.05) is 12.1 Å². The molecule has 0 fully saturated rings. The van der Waals surface area contributed by atoms with Crippen LogP contribution in [0.25, 0.3) is 0 Å². The molecule has 0 aliphatic carbocycles. The first kappa shape index (κ1) is 11.2. The highest BCUT2D eigenvalue weighted by Crippen LogP contribution is 2.15. The van der Waals surface area contributed by atoms with Crippen LogP contribution in [0.15, 0.2) is 18.2 Å². The minimum absolute atomic E-state index is 0. The molecule has 0 aromatic heterocycles. The summed E-state index contributed by atoms with van der Waals surface area (Å²) in [6.45, 7) is 0.197. The van der Waals surface area contributed by atoms with E-state index >= 15 is 0 Å². The van der Waals surface area contributed by atoms with Gasteiger partial charge in [0.1, 0.15) is 11.6 Å². The molecule has 0 aliphatic heterocycles. The quantitative estimate of drug-likeness (QED) is 0.773. The normalized spacial score (nSPS) is 8.92. The number of nitrogens with two attached hydrogens (primary N) is 1. The number of hydrogen-bond acceptors (Lipinski definition) is 2. The highest BCUT2D eigenvalue weighted by atomic mass is 35.5. The summed E-state index contributed by atoms with van der Waals surface area (Å²) in [5.41, 5.74) is 5.75. The predicted molar refractivity (Wildman–Crippen MR) is 48.1 cm³/mol. The fourth-order valence-corrected chi connectivity index (χ4v) is 0.835. The summed E-state index contributed by atoms with van der Waals surface area (Å²) in [6.07, 6.45) is 0. The van der Waals surface area contributed by atoms with Gasteiger partial charge in [-0.25, -0.2) is 4.39 Å². The molecule has 68 valence electrons. The molecule has 12 heavy (non-hydrogen) atoms. The van der Waals surface area contributed by atoms with E-state index in [4.69, 9.17) is 10.5 Å². The van der Waals surface area contributed by atoms with Crippen molar-refractivity contribution < 1.29 is 9.13 Å². The molecular formula is C8H11ClFNO. The highest BCUT2D eigenvalue weighted by molar-refractivity contribution is 5.85. The zero-order valence-corrected chi connectivity index (χ0v) is 7.53. The van der Waals surface area contributed by atoms with Crippen LogP contribution >= 0.6 is 12.4 Å². The largest absolute Gasteiger partial charge is 0.497 e. The third-order valence-electron chi connectivity index (χ3n) is 1.47. The monoisotopic (exact) mass is 191 g/mol. The Morgan fingerprint density at radius 3 is 2.67 bits per heavy atom. The van der Waals surface area contributed by atoms with Gasteiger partial charge in [0.05, 0.1) is 7.11 Å². The van der Waals surface area contributed by atoms with Crippen molar-refractivity contribution in [3.8, 4) is 5.75 Å². The molecule has 0 atom stereocenters. The van der Waals surface area contributed by atoms with Crippen LogP contribution in [-0.2, 0) is 6.54 Å². The van der Waals surface area contributed by atoms with Crippen LogP contribution in [0.1, 0.15) is 5.56 Å². The molecular weight excluding hydrogens is 181 g/mol.